The average Bonchev–Trinajstić information content (AvgIpc) is 2.81. The van der Waals surface area contributed by atoms with E-state index in [1.165, 1.54) is 19.2 Å². The normalized spacial score (nSPS) is 10.9. The smallest absolute Gasteiger partial charge is 0.264 e. The molecular formula is C24H26N2O5S. The Kier molecular flexibility index (Phi) is 7.72. The lowest BCUT2D eigenvalue weighted by molar-refractivity contribution is -0.119. The molecule has 0 saturated carbocycles. The molecule has 0 aliphatic carbocycles. The van der Waals surface area contributed by atoms with Crippen molar-refractivity contribution < 1.29 is 22.7 Å². The molecule has 0 spiro atoms. The van der Waals surface area contributed by atoms with Crippen molar-refractivity contribution in [2.24, 2.45) is 0 Å². The van der Waals surface area contributed by atoms with E-state index in [4.69, 9.17) is 9.47 Å². The number of ether oxygens (including phenoxy) is 2. The summed E-state index contributed by atoms with van der Waals surface area (Å²) in [7, 11) is -2.56. The maximum Gasteiger partial charge on any atom is 0.264 e. The monoisotopic (exact) mass is 454 g/mol. The Morgan fingerprint density at radius 3 is 2.28 bits per heavy atom. The lowest BCUT2D eigenvalue weighted by atomic mass is 10.2. The molecule has 1 amide bonds. The summed E-state index contributed by atoms with van der Waals surface area (Å²) < 4.78 is 38.8. The number of benzene rings is 3. The molecule has 0 saturated heterocycles. The van der Waals surface area contributed by atoms with Crippen LogP contribution < -0.4 is 19.1 Å². The second-order valence-corrected chi connectivity index (χ2v) is 8.87. The molecule has 3 aromatic rings. The third-order valence-electron chi connectivity index (χ3n) is 4.69. The molecule has 3 rings (SSSR count). The molecule has 0 heterocycles. The Balaban J connectivity index is 1.77. The van der Waals surface area contributed by atoms with Crippen molar-refractivity contribution >= 4 is 21.6 Å². The van der Waals surface area contributed by atoms with Crippen LogP contribution in [0.4, 0.5) is 5.69 Å². The third kappa shape index (κ3) is 5.79. The van der Waals surface area contributed by atoms with Crippen molar-refractivity contribution in [3.8, 4) is 11.5 Å². The summed E-state index contributed by atoms with van der Waals surface area (Å²) in [6.07, 6.45) is 0. The van der Waals surface area contributed by atoms with Gasteiger partial charge in [-0.25, -0.2) is 8.42 Å². The lowest BCUT2D eigenvalue weighted by Gasteiger charge is -2.25. The van der Waals surface area contributed by atoms with Crippen LogP contribution in [0, 0.1) is 6.92 Å². The maximum absolute atomic E-state index is 13.4. The van der Waals surface area contributed by atoms with Crippen LogP contribution in [0.2, 0.25) is 0 Å². The van der Waals surface area contributed by atoms with Crippen LogP contribution in [0.3, 0.4) is 0 Å². The highest BCUT2D eigenvalue weighted by atomic mass is 32.2. The minimum atomic E-state index is -4.01. The number of carbonyl (C=O) groups is 1. The van der Waals surface area contributed by atoms with Crippen molar-refractivity contribution in [2.75, 3.05) is 31.1 Å². The number of anilines is 1. The first-order valence-electron chi connectivity index (χ1n) is 10.1. The van der Waals surface area contributed by atoms with E-state index >= 15 is 0 Å². The summed E-state index contributed by atoms with van der Waals surface area (Å²) >= 11 is 0. The van der Waals surface area contributed by atoms with Gasteiger partial charge >= 0.3 is 0 Å². The summed E-state index contributed by atoms with van der Waals surface area (Å²) in [5.74, 6) is 0.589. The molecule has 0 atom stereocenters. The second-order valence-electron chi connectivity index (χ2n) is 7.01. The van der Waals surface area contributed by atoms with E-state index in [9.17, 15) is 13.2 Å². The van der Waals surface area contributed by atoms with Gasteiger partial charge in [-0.15, -0.1) is 0 Å². The van der Waals surface area contributed by atoms with Crippen molar-refractivity contribution in [1.29, 1.82) is 0 Å². The number of sulfonamides is 1. The number of hydrogen-bond donors (Lipinski definition) is 1. The van der Waals surface area contributed by atoms with Gasteiger partial charge < -0.3 is 14.8 Å². The Hall–Kier alpha value is -3.52. The van der Waals surface area contributed by atoms with Crippen LogP contribution in [0.1, 0.15) is 5.56 Å². The second kappa shape index (κ2) is 10.7. The quantitative estimate of drug-likeness (QED) is 0.475. The van der Waals surface area contributed by atoms with Crippen LogP contribution in [-0.2, 0) is 14.8 Å². The van der Waals surface area contributed by atoms with E-state index in [2.05, 4.69) is 5.32 Å². The molecule has 168 valence electrons. The van der Waals surface area contributed by atoms with E-state index < -0.39 is 22.5 Å². The van der Waals surface area contributed by atoms with Gasteiger partial charge in [0.05, 0.1) is 24.2 Å². The number of nitrogens with zero attached hydrogens (tertiary/aromatic N) is 1. The van der Waals surface area contributed by atoms with Crippen LogP contribution in [0.5, 0.6) is 11.5 Å². The molecule has 3 aromatic carbocycles. The van der Waals surface area contributed by atoms with Gasteiger partial charge in [-0.05, 0) is 43.3 Å². The SMILES string of the molecule is COc1ccccc1N(CC(=O)NCCOc1ccccc1)S(=O)(=O)c1ccc(C)cc1. The number of hydrogen-bond acceptors (Lipinski definition) is 5. The molecule has 0 aliphatic heterocycles. The minimum absolute atomic E-state index is 0.0919. The molecule has 32 heavy (non-hydrogen) atoms. The summed E-state index contributed by atoms with van der Waals surface area (Å²) in [5.41, 5.74) is 1.22. The molecule has 0 radical (unpaired) electrons. The number of amides is 1. The number of nitrogens with one attached hydrogen (secondary N) is 1. The average molecular weight is 455 g/mol. The van der Waals surface area contributed by atoms with E-state index in [0.29, 0.717) is 11.5 Å². The fourth-order valence-electron chi connectivity index (χ4n) is 3.04. The largest absolute Gasteiger partial charge is 0.495 e. The topological polar surface area (TPSA) is 84.9 Å². The first-order valence-corrected chi connectivity index (χ1v) is 11.5. The van der Waals surface area contributed by atoms with Crippen molar-refractivity contribution in [3.05, 3.63) is 84.4 Å². The van der Waals surface area contributed by atoms with Gasteiger partial charge in [0.25, 0.3) is 10.0 Å². The summed E-state index contributed by atoms with van der Waals surface area (Å²) in [4.78, 5) is 12.7. The molecule has 0 unspecified atom stereocenters. The van der Waals surface area contributed by atoms with Gasteiger partial charge in [0.2, 0.25) is 5.91 Å². The first kappa shape index (κ1) is 23.1. The standard InChI is InChI=1S/C24H26N2O5S/c1-19-12-14-21(15-13-19)32(28,29)26(22-10-6-7-11-23(22)30-2)18-24(27)25-16-17-31-20-8-4-3-5-9-20/h3-15H,16-18H2,1-2H3,(H,25,27). The molecule has 1 N–H and O–H groups in total. The number of para-hydroxylation sites is 3. The third-order valence-corrected chi connectivity index (χ3v) is 6.46. The van der Waals surface area contributed by atoms with E-state index in [-0.39, 0.29) is 23.7 Å². The van der Waals surface area contributed by atoms with E-state index in [1.807, 2.05) is 37.3 Å². The van der Waals surface area contributed by atoms with Gasteiger partial charge in [-0.2, -0.15) is 0 Å². The predicted octanol–water partition coefficient (Wildman–Crippen LogP) is 3.39. The molecule has 0 aliphatic rings. The van der Waals surface area contributed by atoms with Crippen LogP contribution in [0.15, 0.2) is 83.8 Å². The maximum atomic E-state index is 13.4. The van der Waals surface area contributed by atoms with Crippen molar-refractivity contribution in [2.45, 2.75) is 11.8 Å². The molecular weight excluding hydrogens is 428 g/mol. The Bertz CT molecular complexity index is 1130. The minimum Gasteiger partial charge on any atom is -0.495 e. The lowest BCUT2D eigenvalue weighted by Crippen LogP contribution is -2.42. The molecule has 0 bridgehead atoms. The van der Waals surface area contributed by atoms with Gasteiger partial charge in [0, 0.05) is 0 Å². The van der Waals surface area contributed by atoms with Gasteiger partial charge in [0.15, 0.2) is 0 Å². The molecule has 7 nitrogen and oxygen atoms in total. The Morgan fingerprint density at radius 1 is 0.938 bits per heavy atom. The van der Waals surface area contributed by atoms with Crippen LogP contribution in [0.25, 0.3) is 0 Å². The molecule has 8 heteroatoms. The van der Waals surface area contributed by atoms with Gasteiger partial charge in [0.1, 0.15) is 24.7 Å². The van der Waals surface area contributed by atoms with Crippen LogP contribution in [-0.4, -0.2) is 41.1 Å². The summed E-state index contributed by atoms with van der Waals surface area (Å²) in [5, 5.41) is 2.71. The number of rotatable bonds is 10. The summed E-state index contributed by atoms with van der Waals surface area (Å²) in [6, 6.07) is 22.4. The van der Waals surface area contributed by atoms with E-state index in [1.54, 1.807) is 36.4 Å². The highest BCUT2D eigenvalue weighted by molar-refractivity contribution is 7.92. The molecule has 0 aromatic heterocycles. The number of methoxy groups -OCH3 is 1. The zero-order valence-electron chi connectivity index (χ0n) is 18.0. The van der Waals surface area contributed by atoms with Gasteiger partial charge in [-0.3, -0.25) is 9.10 Å². The van der Waals surface area contributed by atoms with Crippen molar-refractivity contribution in [3.63, 3.8) is 0 Å². The fraction of sp³-hybridized carbons (Fsp3) is 0.208. The zero-order chi connectivity index (χ0) is 23.0. The first-order chi connectivity index (χ1) is 15.4. The van der Waals surface area contributed by atoms with Crippen molar-refractivity contribution in [1.82, 2.24) is 5.32 Å². The number of carbonyl (C=O) groups excluding carboxylic acids is 1. The fourth-order valence-corrected chi connectivity index (χ4v) is 4.47. The molecule has 0 fully saturated rings. The van der Waals surface area contributed by atoms with E-state index in [0.717, 1.165) is 9.87 Å². The highest BCUT2D eigenvalue weighted by Gasteiger charge is 2.29. The Morgan fingerprint density at radius 2 is 1.59 bits per heavy atom. The number of aryl methyl sites for hydroxylation is 1. The Labute approximate surface area is 188 Å². The predicted molar refractivity (Wildman–Crippen MR) is 124 cm³/mol. The highest BCUT2D eigenvalue weighted by Crippen LogP contribution is 2.32. The van der Waals surface area contributed by atoms with Gasteiger partial charge in [-0.1, -0.05) is 48.0 Å². The summed E-state index contributed by atoms with van der Waals surface area (Å²) in [6.45, 7) is 1.97. The zero-order valence-corrected chi connectivity index (χ0v) is 18.8. The van der Waals surface area contributed by atoms with Crippen LogP contribution >= 0.6 is 0 Å².